The number of amides is 1. The van der Waals surface area contributed by atoms with Gasteiger partial charge in [-0.25, -0.2) is 4.39 Å². The number of thioether (sulfide) groups is 1. The highest BCUT2D eigenvalue weighted by molar-refractivity contribution is 9.10. The van der Waals surface area contributed by atoms with E-state index in [2.05, 4.69) is 31.4 Å². The predicted molar refractivity (Wildman–Crippen MR) is 115 cm³/mol. The predicted octanol–water partition coefficient (Wildman–Crippen LogP) is 5.07. The van der Waals surface area contributed by atoms with Crippen LogP contribution in [-0.2, 0) is 18.4 Å². The number of halogens is 3. The molecule has 1 aromatic heterocycles. The second-order valence-electron chi connectivity index (χ2n) is 6.05. The summed E-state index contributed by atoms with van der Waals surface area (Å²) in [6.45, 7) is 1.89. The van der Waals surface area contributed by atoms with Crippen molar-refractivity contribution in [3.05, 3.63) is 63.6 Å². The highest BCUT2D eigenvalue weighted by Crippen LogP contribution is 2.26. The number of nitrogens with zero attached hydrogens (tertiary/aromatic N) is 3. The molecule has 1 N–H and O–H groups in total. The number of anilines is 1. The molecule has 10 heteroatoms. The molecule has 0 spiro atoms. The average Bonchev–Trinajstić information content (AvgIpc) is 3.03. The standard InChI is InChI=1S/C19H17BrClFN4O2S/c1-11(18(27)23-15-8-7-12(20)9-14(15)22)29-19-25-24-17(26(19)2)10-28-16-6-4-3-5-13(16)21/h3-9,11H,10H2,1-2H3,(H,23,27). The first-order valence-electron chi connectivity index (χ1n) is 8.53. The summed E-state index contributed by atoms with van der Waals surface area (Å²) in [7, 11) is 1.78. The summed E-state index contributed by atoms with van der Waals surface area (Å²) in [5, 5.41) is 11.3. The van der Waals surface area contributed by atoms with E-state index in [0.717, 1.165) is 0 Å². The lowest BCUT2D eigenvalue weighted by molar-refractivity contribution is -0.115. The molecule has 29 heavy (non-hydrogen) atoms. The van der Waals surface area contributed by atoms with E-state index < -0.39 is 11.1 Å². The second-order valence-corrected chi connectivity index (χ2v) is 8.68. The Morgan fingerprint density at radius 1 is 1.34 bits per heavy atom. The highest BCUT2D eigenvalue weighted by atomic mass is 79.9. The molecule has 1 heterocycles. The molecule has 0 aliphatic carbocycles. The van der Waals surface area contributed by atoms with Gasteiger partial charge in [-0.05, 0) is 37.3 Å². The summed E-state index contributed by atoms with van der Waals surface area (Å²) in [5.41, 5.74) is 0.123. The van der Waals surface area contributed by atoms with Crippen molar-refractivity contribution in [2.45, 2.75) is 23.9 Å². The number of rotatable bonds is 7. The third-order valence-electron chi connectivity index (χ3n) is 3.96. The van der Waals surface area contributed by atoms with Gasteiger partial charge in [-0.3, -0.25) is 4.79 Å². The molecule has 0 saturated heterocycles. The quantitative estimate of drug-likeness (QED) is 0.460. The lowest BCUT2D eigenvalue weighted by atomic mass is 10.3. The van der Waals surface area contributed by atoms with Crippen LogP contribution >= 0.6 is 39.3 Å². The van der Waals surface area contributed by atoms with Gasteiger partial charge in [0, 0.05) is 11.5 Å². The molecule has 0 aliphatic rings. The van der Waals surface area contributed by atoms with E-state index in [-0.39, 0.29) is 18.2 Å². The number of hydrogen-bond acceptors (Lipinski definition) is 5. The molecule has 1 amide bonds. The molecule has 0 radical (unpaired) electrons. The fourth-order valence-electron chi connectivity index (χ4n) is 2.31. The Kier molecular flexibility index (Phi) is 7.15. The van der Waals surface area contributed by atoms with Crippen LogP contribution in [0.15, 0.2) is 52.1 Å². The molecule has 1 atom stereocenters. The van der Waals surface area contributed by atoms with Gasteiger partial charge in [-0.1, -0.05) is 51.4 Å². The Hall–Kier alpha value is -2.10. The summed E-state index contributed by atoms with van der Waals surface area (Å²) < 4.78 is 21.9. The molecule has 2 aromatic carbocycles. The molecule has 0 aliphatic heterocycles. The van der Waals surface area contributed by atoms with Crippen LogP contribution in [0.2, 0.25) is 5.02 Å². The third-order valence-corrected chi connectivity index (χ3v) is 5.90. The van der Waals surface area contributed by atoms with Crippen molar-refractivity contribution in [1.29, 1.82) is 0 Å². The third kappa shape index (κ3) is 5.49. The van der Waals surface area contributed by atoms with Crippen LogP contribution in [-0.4, -0.2) is 25.9 Å². The first kappa shape index (κ1) is 21.6. The number of carbonyl (C=O) groups is 1. The number of benzene rings is 2. The fraction of sp³-hybridized carbons (Fsp3) is 0.211. The largest absolute Gasteiger partial charge is 0.484 e. The minimum atomic E-state index is -0.515. The second kappa shape index (κ2) is 9.60. The van der Waals surface area contributed by atoms with E-state index in [0.29, 0.717) is 26.2 Å². The van der Waals surface area contributed by atoms with Crippen LogP contribution in [0.3, 0.4) is 0 Å². The van der Waals surface area contributed by atoms with Crippen LogP contribution in [0.1, 0.15) is 12.7 Å². The number of aromatic nitrogens is 3. The van der Waals surface area contributed by atoms with Gasteiger partial charge in [-0.15, -0.1) is 10.2 Å². The maximum atomic E-state index is 13.9. The zero-order chi connectivity index (χ0) is 21.0. The normalized spacial score (nSPS) is 11.9. The van der Waals surface area contributed by atoms with Gasteiger partial charge < -0.3 is 14.6 Å². The molecular weight excluding hydrogens is 483 g/mol. The van der Waals surface area contributed by atoms with Gasteiger partial charge in [0.05, 0.1) is 16.0 Å². The van der Waals surface area contributed by atoms with Gasteiger partial charge in [0.1, 0.15) is 18.2 Å². The van der Waals surface area contributed by atoms with E-state index in [1.54, 1.807) is 36.7 Å². The average molecular weight is 500 g/mol. The lowest BCUT2D eigenvalue weighted by Gasteiger charge is -2.12. The van der Waals surface area contributed by atoms with Crippen molar-refractivity contribution < 1.29 is 13.9 Å². The minimum Gasteiger partial charge on any atom is -0.484 e. The number of hydrogen-bond donors (Lipinski definition) is 1. The molecule has 3 rings (SSSR count). The SMILES string of the molecule is CC(Sc1nnc(COc2ccccc2Cl)n1C)C(=O)Nc1ccc(Br)cc1F. The molecular formula is C19H17BrClFN4O2S. The number of para-hydroxylation sites is 1. The van der Waals surface area contributed by atoms with Gasteiger partial charge in [0.15, 0.2) is 11.0 Å². The van der Waals surface area contributed by atoms with E-state index in [1.807, 2.05) is 12.1 Å². The molecule has 152 valence electrons. The highest BCUT2D eigenvalue weighted by Gasteiger charge is 2.20. The van der Waals surface area contributed by atoms with Crippen LogP contribution < -0.4 is 10.1 Å². The Morgan fingerprint density at radius 3 is 2.83 bits per heavy atom. The van der Waals surface area contributed by atoms with Gasteiger partial charge >= 0.3 is 0 Å². The first-order valence-corrected chi connectivity index (χ1v) is 10.6. The Balaban J connectivity index is 1.61. The van der Waals surface area contributed by atoms with Gasteiger partial charge in [-0.2, -0.15) is 0 Å². The van der Waals surface area contributed by atoms with Crippen molar-refractivity contribution in [2.24, 2.45) is 7.05 Å². The summed E-state index contributed by atoms with van der Waals surface area (Å²) in [4.78, 5) is 12.4. The Bertz CT molecular complexity index is 1030. The fourth-order valence-corrected chi connectivity index (χ4v) is 3.67. The monoisotopic (exact) mass is 498 g/mol. The van der Waals surface area contributed by atoms with Crippen LogP contribution in [0, 0.1) is 5.82 Å². The minimum absolute atomic E-state index is 0.123. The van der Waals surface area contributed by atoms with Gasteiger partial charge in [0.2, 0.25) is 5.91 Å². The summed E-state index contributed by atoms with van der Waals surface area (Å²) >= 11 is 10.5. The summed E-state index contributed by atoms with van der Waals surface area (Å²) in [6, 6.07) is 11.6. The zero-order valence-corrected chi connectivity index (χ0v) is 18.7. The summed E-state index contributed by atoms with van der Waals surface area (Å²) in [5.74, 6) is 0.283. The lowest BCUT2D eigenvalue weighted by Crippen LogP contribution is -2.23. The van der Waals surface area contributed by atoms with Crippen molar-refractivity contribution in [1.82, 2.24) is 14.8 Å². The van der Waals surface area contributed by atoms with Crippen molar-refractivity contribution >= 4 is 50.9 Å². The van der Waals surface area contributed by atoms with Crippen molar-refractivity contribution in [2.75, 3.05) is 5.32 Å². The number of ether oxygens (including phenoxy) is 1. The molecule has 0 saturated carbocycles. The van der Waals surface area contributed by atoms with Crippen molar-refractivity contribution in [3.63, 3.8) is 0 Å². The Labute approximate surface area is 184 Å². The molecule has 0 bridgehead atoms. The van der Waals surface area contributed by atoms with Crippen LogP contribution in [0.5, 0.6) is 5.75 Å². The summed E-state index contributed by atoms with van der Waals surface area (Å²) in [6.07, 6.45) is 0. The topological polar surface area (TPSA) is 69.0 Å². The maximum absolute atomic E-state index is 13.9. The van der Waals surface area contributed by atoms with Crippen molar-refractivity contribution in [3.8, 4) is 5.75 Å². The van der Waals surface area contributed by atoms with Crippen LogP contribution in [0.4, 0.5) is 10.1 Å². The van der Waals surface area contributed by atoms with E-state index >= 15 is 0 Å². The Morgan fingerprint density at radius 2 is 2.10 bits per heavy atom. The molecule has 3 aromatic rings. The smallest absolute Gasteiger partial charge is 0.237 e. The van der Waals surface area contributed by atoms with Gasteiger partial charge in [0.25, 0.3) is 0 Å². The van der Waals surface area contributed by atoms with E-state index in [1.165, 1.54) is 23.9 Å². The molecule has 6 nitrogen and oxygen atoms in total. The number of carbonyl (C=O) groups excluding carboxylic acids is 1. The van der Waals surface area contributed by atoms with Crippen LogP contribution in [0.25, 0.3) is 0 Å². The molecule has 1 unspecified atom stereocenters. The number of nitrogens with one attached hydrogen (secondary N) is 1. The zero-order valence-electron chi connectivity index (χ0n) is 15.5. The maximum Gasteiger partial charge on any atom is 0.237 e. The first-order chi connectivity index (χ1) is 13.8. The van der Waals surface area contributed by atoms with E-state index in [9.17, 15) is 9.18 Å². The molecule has 0 fully saturated rings. The van der Waals surface area contributed by atoms with E-state index in [4.69, 9.17) is 16.3 Å².